The highest BCUT2D eigenvalue weighted by Crippen LogP contribution is 2.34. The van der Waals surface area contributed by atoms with Gasteiger partial charge in [0.1, 0.15) is 11.6 Å². The first kappa shape index (κ1) is 18.1. The van der Waals surface area contributed by atoms with Gasteiger partial charge in [0, 0.05) is 18.7 Å². The third-order valence-corrected chi connectivity index (χ3v) is 5.24. The van der Waals surface area contributed by atoms with E-state index >= 15 is 0 Å². The van der Waals surface area contributed by atoms with E-state index in [0.717, 1.165) is 11.1 Å². The Morgan fingerprint density at radius 2 is 1.75 bits per heavy atom. The Morgan fingerprint density at radius 3 is 2.46 bits per heavy atom. The molecule has 1 N–H and O–H groups in total. The first-order chi connectivity index (χ1) is 13.6. The number of anilines is 1. The normalized spacial score (nSPS) is 15.8. The minimum atomic E-state index is -0.970. The number of hydrogen-bond donors (Lipinski definition) is 1. The van der Waals surface area contributed by atoms with Gasteiger partial charge in [-0.25, -0.2) is 9.37 Å². The van der Waals surface area contributed by atoms with E-state index in [-0.39, 0.29) is 5.82 Å². The smallest absolute Gasteiger partial charge is 0.147 e. The van der Waals surface area contributed by atoms with Crippen LogP contribution in [0.3, 0.4) is 0 Å². The van der Waals surface area contributed by atoms with Gasteiger partial charge in [-0.3, -0.25) is 4.98 Å². The standard InChI is InChI=1S/C22H19FN4O/c23-18-7-5-17(6-8-18)22(28)9-11-27(12-10-22)21-15-25-14-20(26-21)19-4-2-1-3-16(19)13-24/h1-8,14-15,28H,9-12H2. The Hall–Kier alpha value is -3.30. The van der Waals surface area contributed by atoms with Gasteiger partial charge in [-0.2, -0.15) is 5.26 Å². The zero-order valence-corrected chi connectivity index (χ0v) is 15.2. The lowest BCUT2D eigenvalue weighted by Gasteiger charge is -2.39. The molecule has 2 heterocycles. The summed E-state index contributed by atoms with van der Waals surface area (Å²) in [5.74, 6) is 0.404. The highest BCUT2D eigenvalue weighted by Gasteiger charge is 2.34. The summed E-state index contributed by atoms with van der Waals surface area (Å²) in [6.45, 7) is 1.21. The van der Waals surface area contributed by atoms with Crippen LogP contribution in [0.15, 0.2) is 60.9 Å². The molecule has 6 heteroatoms. The van der Waals surface area contributed by atoms with Gasteiger partial charge in [0.05, 0.1) is 35.3 Å². The highest BCUT2D eigenvalue weighted by molar-refractivity contribution is 5.67. The summed E-state index contributed by atoms with van der Waals surface area (Å²) in [6.07, 6.45) is 4.37. The quantitative estimate of drug-likeness (QED) is 0.758. The van der Waals surface area contributed by atoms with Crippen molar-refractivity contribution in [3.8, 4) is 17.3 Å². The number of rotatable bonds is 3. The van der Waals surface area contributed by atoms with Gasteiger partial charge in [0.2, 0.25) is 0 Å². The van der Waals surface area contributed by atoms with E-state index < -0.39 is 5.60 Å². The second kappa shape index (κ2) is 7.37. The van der Waals surface area contributed by atoms with Crippen molar-refractivity contribution in [2.24, 2.45) is 0 Å². The number of piperidine rings is 1. The molecule has 0 atom stereocenters. The van der Waals surface area contributed by atoms with E-state index in [9.17, 15) is 14.8 Å². The van der Waals surface area contributed by atoms with Crippen molar-refractivity contribution >= 4 is 5.82 Å². The largest absolute Gasteiger partial charge is 0.385 e. The molecule has 3 aromatic rings. The van der Waals surface area contributed by atoms with Crippen molar-refractivity contribution in [1.82, 2.24) is 9.97 Å². The molecule has 0 bridgehead atoms. The Morgan fingerprint density at radius 1 is 1.04 bits per heavy atom. The molecule has 0 spiro atoms. The first-order valence-electron chi connectivity index (χ1n) is 9.14. The maximum atomic E-state index is 13.2. The van der Waals surface area contributed by atoms with Crippen LogP contribution < -0.4 is 4.90 Å². The predicted octanol–water partition coefficient (Wildman–Crippen LogP) is 3.64. The maximum Gasteiger partial charge on any atom is 0.147 e. The van der Waals surface area contributed by atoms with E-state index in [0.29, 0.717) is 43.0 Å². The third kappa shape index (κ3) is 3.45. The molecule has 0 saturated carbocycles. The number of aromatic nitrogens is 2. The predicted molar refractivity (Wildman–Crippen MR) is 104 cm³/mol. The summed E-state index contributed by atoms with van der Waals surface area (Å²) >= 11 is 0. The molecule has 0 unspecified atom stereocenters. The number of benzene rings is 2. The van der Waals surface area contributed by atoms with Crippen LogP contribution in [-0.2, 0) is 5.60 Å². The minimum Gasteiger partial charge on any atom is -0.385 e. The zero-order chi connectivity index (χ0) is 19.6. The van der Waals surface area contributed by atoms with E-state index in [2.05, 4.69) is 20.9 Å². The van der Waals surface area contributed by atoms with Gasteiger partial charge in [0.25, 0.3) is 0 Å². The lowest BCUT2D eigenvalue weighted by molar-refractivity contribution is 0.0116. The van der Waals surface area contributed by atoms with Crippen LogP contribution >= 0.6 is 0 Å². The van der Waals surface area contributed by atoms with Gasteiger partial charge >= 0.3 is 0 Å². The van der Waals surface area contributed by atoms with Crippen molar-refractivity contribution in [1.29, 1.82) is 5.26 Å². The monoisotopic (exact) mass is 374 g/mol. The summed E-state index contributed by atoms with van der Waals surface area (Å²) in [6, 6.07) is 15.5. The molecule has 2 aromatic carbocycles. The number of nitrogens with zero attached hydrogens (tertiary/aromatic N) is 4. The Bertz CT molecular complexity index is 1020. The summed E-state index contributed by atoms with van der Waals surface area (Å²) in [5.41, 5.74) is 1.71. The molecular weight excluding hydrogens is 355 g/mol. The van der Waals surface area contributed by atoms with Crippen LogP contribution in [-0.4, -0.2) is 28.2 Å². The molecule has 0 aliphatic carbocycles. The number of hydrogen-bond acceptors (Lipinski definition) is 5. The van der Waals surface area contributed by atoms with Crippen LogP contribution in [0.1, 0.15) is 24.0 Å². The van der Waals surface area contributed by atoms with E-state index in [1.807, 2.05) is 18.2 Å². The Labute approximate surface area is 162 Å². The van der Waals surface area contributed by atoms with Crippen molar-refractivity contribution in [3.63, 3.8) is 0 Å². The lowest BCUT2D eigenvalue weighted by atomic mass is 9.84. The summed E-state index contributed by atoms with van der Waals surface area (Å²) in [5, 5.41) is 20.3. The van der Waals surface area contributed by atoms with E-state index in [1.165, 1.54) is 12.1 Å². The van der Waals surface area contributed by atoms with Gasteiger partial charge < -0.3 is 10.0 Å². The van der Waals surface area contributed by atoms with Crippen molar-refractivity contribution in [3.05, 3.63) is 77.9 Å². The topological polar surface area (TPSA) is 73.0 Å². The molecule has 4 rings (SSSR count). The fourth-order valence-corrected chi connectivity index (χ4v) is 3.60. The fourth-order valence-electron chi connectivity index (χ4n) is 3.60. The van der Waals surface area contributed by atoms with Gasteiger partial charge in [0.15, 0.2) is 0 Å². The Kier molecular flexibility index (Phi) is 4.76. The number of halogens is 1. The summed E-state index contributed by atoms with van der Waals surface area (Å²) < 4.78 is 13.2. The molecule has 0 amide bonds. The second-order valence-electron chi connectivity index (χ2n) is 6.95. The average Bonchev–Trinajstić information content (AvgIpc) is 2.75. The molecule has 1 aromatic heterocycles. The van der Waals surface area contributed by atoms with Crippen molar-refractivity contribution in [2.75, 3.05) is 18.0 Å². The molecule has 1 aliphatic rings. The SMILES string of the molecule is N#Cc1ccccc1-c1cncc(N2CCC(O)(c3ccc(F)cc3)CC2)n1. The molecule has 1 aliphatic heterocycles. The lowest BCUT2D eigenvalue weighted by Crippen LogP contribution is -2.43. The molecular formula is C22H19FN4O. The Balaban J connectivity index is 1.54. The highest BCUT2D eigenvalue weighted by atomic mass is 19.1. The molecule has 1 fully saturated rings. The van der Waals surface area contributed by atoms with Crippen LogP contribution in [0.25, 0.3) is 11.3 Å². The summed E-state index contributed by atoms with van der Waals surface area (Å²) in [7, 11) is 0. The average molecular weight is 374 g/mol. The molecule has 0 radical (unpaired) electrons. The van der Waals surface area contributed by atoms with Gasteiger partial charge in [-0.15, -0.1) is 0 Å². The van der Waals surface area contributed by atoms with Crippen LogP contribution in [0, 0.1) is 17.1 Å². The number of nitriles is 1. The van der Waals surface area contributed by atoms with Crippen LogP contribution in [0.5, 0.6) is 0 Å². The third-order valence-electron chi connectivity index (χ3n) is 5.24. The van der Waals surface area contributed by atoms with Crippen molar-refractivity contribution < 1.29 is 9.50 Å². The summed E-state index contributed by atoms with van der Waals surface area (Å²) in [4.78, 5) is 11.1. The van der Waals surface area contributed by atoms with Gasteiger partial charge in [-0.05, 0) is 36.6 Å². The van der Waals surface area contributed by atoms with Crippen LogP contribution in [0.4, 0.5) is 10.2 Å². The van der Waals surface area contributed by atoms with Gasteiger partial charge in [-0.1, -0.05) is 30.3 Å². The van der Waals surface area contributed by atoms with E-state index in [4.69, 9.17) is 0 Å². The maximum absolute atomic E-state index is 13.2. The second-order valence-corrected chi connectivity index (χ2v) is 6.95. The molecule has 5 nitrogen and oxygen atoms in total. The molecule has 1 saturated heterocycles. The zero-order valence-electron chi connectivity index (χ0n) is 15.2. The molecule has 28 heavy (non-hydrogen) atoms. The number of aliphatic hydroxyl groups is 1. The fraction of sp³-hybridized carbons (Fsp3) is 0.227. The minimum absolute atomic E-state index is 0.311. The van der Waals surface area contributed by atoms with Crippen molar-refractivity contribution in [2.45, 2.75) is 18.4 Å². The first-order valence-corrected chi connectivity index (χ1v) is 9.14. The molecule has 140 valence electrons. The van der Waals surface area contributed by atoms with Crippen LogP contribution in [0.2, 0.25) is 0 Å². The van der Waals surface area contributed by atoms with E-state index in [1.54, 1.807) is 30.6 Å².